The molecule has 1 aromatic carbocycles. The maximum atomic E-state index is 11.5. The summed E-state index contributed by atoms with van der Waals surface area (Å²) in [5.41, 5.74) is 1.24. The summed E-state index contributed by atoms with van der Waals surface area (Å²) in [7, 11) is 3.26. The predicted molar refractivity (Wildman–Crippen MR) is 79.2 cm³/mol. The van der Waals surface area contributed by atoms with Crippen molar-refractivity contribution < 1.29 is 14.3 Å². The van der Waals surface area contributed by atoms with Crippen LogP contribution in [-0.2, 0) is 11.2 Å². The Morgan fingerprint density at radius 1 is 1.25 bits per heavy atom. The van der Waals surface area contributed by atoms with E-state index < -0.39 is 0 Å². The Morgan fingerprint density at radius 2 is 1.95 bits per heavy atom. The molecular formula is C15H24N2O3. The molecule has 5 nitrogen and oxygen atoms in total. The van der Waals surface area contributed by atoms with Gasteiger partial charge in [0.05, 0.1) is 13.7 Å². The summed E-state index contributed by atoms with van der Waals surface area (Å²) in [6.45, 7) is 3.04. The van der Waals surface area contributed by atoms with E-state index in [0.717, 1.165) is 18.6 Å². The molecule has 1 rings (SSSR count). The molecule has 0 spiro atoms. The number of hydrogen-bond acceptors (Lipinski definition) is 3. The molecule has 0 fully saturated rings. The van der Waals surface area contributed by atoms with Crippen LogP contribution in [0.5, 0.6) is 5.75 Å². The van der Waals surface area contributed by atoms with Gasteiger partial charge in [-0.2, -0.15) is 0 Å². The van der Waals surface area contributed by atoms with E-state index in [-0.39, 0.29) is 12.1 Å². The molecule has 0 aliphatic rings. The Morgan fingerprint density at radius 3 is 2.55 bits per heavy atom. The monoisotopic (exact) mass is 280 g/mol. The van der Waals surface area contributed by atoms with Crippen LogP contribution in [0.1, 0.15) is 18.9 Å². The number of hydrogen-bond donors (Lipinski definition) is 2. The number of amides is 2. The minimum absolute atomic E-state index is 0.125. The molecule has 20 heavy (non-hydrogen) atoms. The van der Waals surface area contributed by atoms with Crippen molar-refractivity contribution in [2.45, 2.75) is 25.8 Å². The number of rotatable bonds is 8. The van der Waals surface area contributed by atoms with E-state index in [1.807, 2.05) is 31.2 Å². The van der Waals surface area contributed by atoms with Crippen LogP contribution < -0.4 is 15.4 Å². The van der Waals surface area contributed by atoms with Gasteiger partial charge >= 0.3 is 6.03 Å². The molecule has 0 radical (unpaired) electrons. The van der Waals surface area contributed by atoms with Gasteiger partial charge in [0, 0.05) is 19.7 Å². The van der Waals surface area contributed by atoms with E-state index in [4.69, 9.17) is 9.47 Å². The largest absolute Gasteiger partial charge is 0.497 e. The van der Waals surface area contributed by atoms with E-state index in [0.29, 0.717) is 13.2 Å². The quantitative estimate of drug-likeness (QED) is 0.716. The van der Waals surface area contributed by atoms with E-state index in [2.05, 4.69) is 10.6 Å². The van der Waals surface area contributed by atoms with E-state index in [9.17, 15) is 4.79 Å². The second-order valence-electron chi connectivity index (χ2n) is 4.68. The van der Waals surface area contributed by atoms with Gasteiger partial charge in [0.15, 0.2) is 0 Å². The average molecular weight is 280 g/mol. The number of nitrogens with one attached hydrogen (secondary N) is 2. The molecule has 1 atom stereocenters. The van der Waals surface area contributed by atoms with E-state index >= 15 is 0 Å². The summed E-state index contributed by atoms with van der Waals surface area (Å²) >= 11 is 0. The number of aryl methyl sites for hydroxylation is 1. The van der Waals surface area contributed by atoms with Crippen molar-refractivity contribution in [3.63, 3.8) is 0 Å². The first-order valence-electron chi connectivity index (χ1n) is 6.82. The smallest absolute Gasteiger partial charge is 0.315 e. The standard InChI is InChI=1S/C15H24N2O3/c1-12(17-15(18)16-10-11-19-2)4-5-13-6-8-14(20-3)9-7-13/h6-9,12H,4-5,10-11H2,1-3H3,(H2,16,17,18). The van der Waals surface area contributed by atoms with Gasteiger partial charge in [-0.05, 0) is 37.5 Å². The van der Waals surface area contributed by atoms with Gasteiger partial charge in [0.1, 0.15) is 5.75 Å². The van der Waals surface area contributed by atoms with E-state index in [1.165, 1.54) is 5.56 Å². The third-order valence-electron chi connectivity index (χ3n) is 2.99. The van der Waals surface area contributed by atoms with Crippen LogP contribution in [0.3, 0.4) is 0 Å². The van der Waals surface area contributed by atoms with Gasteiger partial charge < -0.3 is 20.1 Å². The van der Waals surface area contributed by atoms with Crippen LogP contribution in [0.15, 0.2) is 24.3 Å². The molecule has 112 valence electrons. The minimum Gasteiger partial charge on any atom is -0.497 e. The topological polar surface area (TPSA) is 59.6 Å². The Kier molecular flexibility index (Phi) is 7.50. The Bertz CT molecular complexity index is 393. The lowest BCUT2D eigenvalue weighted by atomic mass is 10.1. The summed E-state index contributed by atoms with van der Waals surface area (Å²) in [5, 5.41) is 5.64. The number of carbonyl (C=O) groups excluding carboxylic acids is 1. The first-order valence-corrected chi connectivity index (χ1v) is 6.82. The summed E-state index contributed by atoms with van der Waals surface area (Å²) < 4.78 is 9.99. The van der Waals surface area contributed by atoms with Gasteiger partial charge in [0.2, 0.25) is 0 Å². The van der Waals surface area contributed by atoms with Crippen LogP contribution in [-0.4, -0.2) is 39.4 Å². The van der Waals surface area contributed by atoms with Crippen LogP contribution in [0, 0.1) is 0 Å². The second kappa shape index (κ2) is 9.20. The SMILES string of the molecule is COCCNC(=O)NC(C)CCc1ccc(OC)cc1. The number of ether oxygens (including phenoxy) is 2. The van der Waals surface area contributed by atoms with Gasteiger partial charge in [-0.3, -0.25) is 0 Å². The molecule has 0 heterocycles. The highest BCUT2D eigenvalue weighted by molar-refractivity contribution is 5.74. The summed E-state index contributed by atoms with van der Waals surface area (Å²) in [4.78, 5) is 11.5. The zero-order valence-corrected chi connectivity index (χ0v) is 12.4. The minimum atomic E-state index is -0.149. The lowest BCUT2D eigenvalue weighted by molar-refractivity contribution is 0.195. The fraction of sp³-hybridized carbons (Fsp3) is 0.533. The fourth-order valence-electron chi connectivity index (χ4n) is 1.79. The van der Waals surface area contributed by atoms with Crippen molar-refractivity contribution in [3.8, 4) is 5.75 Å². The lowest BCUT2D eigenvalue weighted by Crippen LogP contribution is -2.42. The van der Waals surface area contributed by atoms with Gasteiger partial charge in [0.25, 0.3) is 0 Å². The van der Waals surface area contributed by atoms with E-state index in [1.54, 1.807) is 14.2 Å². The Hall–Kier alpha value is -1.75. The van der Waals surface area contributed by atoms with Crippen molar-refractivity contribution in [2.24, 2.45) is 0 Å². The molecule has 0 saturated carbocycles. The third-order valence-corrected chi connectivity index (χ3v) is 2.99. The van der Waals surface area contributed by atoms with Gasteiger partial charge in [-0.1, -0.05) is 12.1 Å². The zero-order chi connectivity index (χ0) is 14.8. The van der Waals surface area contributed by atoms with Gasteiger partial charge in [-0.25, -0.2) is 4.79 Å². The van der Waals surface area contributed by atoms with Crippen LogP contribution in [0.4, 0.5) is 4.79 Å². The zero-order valence-electron chi connectivity index (χ0n) is 12.4. The van der Waals surface area contributed by atoms with Crippen molar-refractivity contribution in [3.05, 3.63) is 29.8 Å². The molecule has 0 aliphatic heterocycles. The van der Waals surface area contributed by atoms with Crippen molar-refractivity contribution in [1.29, 1.82) is 0 Å². The first kappa shape index (κ1) is 16.3. The molecule has 0 aromatic heterocycles. The molecule has 2 N–H and O–H groups in total. The highest BCUT2D eigenvalue weighted by Gasteiger charge is 2.06. The fourth-order valence-corrected chi connectivity index (χ4v) is 1.79. The molecule has 5 heteroatoms. The van der Waals surface area contributed by atoms with Crippen molar-refractivity contribution in [1.82, 2.24) is 10.6 Å². The molecule has 0 bridgehead atoms. The van der Waals surface area contributed by atoms with Crippen molar-refractivity contribution >= 4 is 6.03 Å². The lowest BCUT2D eigenvalue weighted by Gasteiger charge is -2.14. The first-order chi connectivity index (χ1) is 9.65. The highest BCUT2D eigenvalue weighted by atomic mass is 16.5. The maximum Gasteiger partial charge on any atom is 0.315 e. The Balaban J connectivity index is 2.24. The van der Waals surface area contributed by atoms with Crippen LogP contribution in [0.2, 0.25) is 0 Å². The molecule has 0 saturated heterocycles. The molecule has 1 aromatic rings. The van der Waals surface area contributed by atoms with Crippen LogP contribution >= 0.6 is 0 Å². The molecular weight excluding hydrogens is 256 g/mol. The number of carbonyl (C=O) groups is 1. The number of methoxy groups -OCH3 is 2. The predicted octanol–water partition coefficient (Wildman–Crippen LogP) is 1.96. The second-order valence-corrected chi connectivity index (χ2v) is 4.68. The maximum absolute atomic E-state index is 11.5. The molecule has 1 unspecified atom stereocenters. The Labute approximate surface area is 120 Å². The number of urea groups is 1. The summed E-state index contributed by atoms with van der Waals surface area (Å²) in [6, 6.07) is 7.97. The normalized spacial score (nSPS) is 11.8. The molecule has 0 aliphatic carbocycles. The average Bonchev–Trinajstić information content (AvgIpc) is 2.46. The van der Waals surface area contributed by atoms with Gasteiger partial charge in [-0.15, -0.1) is 0 Å². The highest BCUT2D eigenvalue weighted by Crippen LogP contribution is 2.13. The molecule has 2 amide bonds. The van der Waals surface area contributed by atoms with Crippen molar-refractivity contribution in [2.75, 3.05) is 27.4 Å². The summed E-state index contributed by atoms with van der Waals surface area (Å²) in [6.07, 6.45) is 1.81. The summed E-state index contributed by atoms with van der Waals surface area (Å²) in [5.74, 6) is 0.859. The third kappa shape index (κ3) is 6.43. The van der Waals surface area contributed by atoms with Crippen LogP contribution in [0.25, 0.3) is 0 Å². The number of benzene rings is 1.